The van der Waals surface area contributed by atoms with Crippen LogP contribution in [0.4, 0.5) is 5.69 Å². The summed E-state index contributed by atoms with van der Waals surface area (Å²) >= 11 is 0. The lowest BCUT2D eigenvalue weighted by atomic mass is 9.93. The zero-order valence-electron chi connectivity index (χ0n) is 9.36. The molecule has 1 aromatic carbocycles. The molecule has 2 aromatic rings. The molecule has 1 amide bonds. The average Bonchev–Trinajstić information content (AvgIpc) is 2.66. The first-order valence-corrected chi connectivity index (χ1v) is 5.78. The highest BCUT2D eigenvalue weighted by Crippen LogP contribution is 2.21. The fourth-order valence-electron chi connectivity index (χ4n) is 2.01. The van der Waals surface area contributed by atoms with Gasteiger partial charge in [0.15, 0.2) is 5.69 Å². The molecule has 5 nitrogen and oxygen atoms in total. The van der Waals surface area contributed by atoms with Gasteiger partial charge in [0.2, 0.25) is 0 Å². The number of nitrogens with zero attached hydrogens (tertiary/aromatic N) is 1. The van der Waals surface area contributed by atoms with Gasteiger partial charge in [0.1, 0.15) is 0 Å². The smallest absolute Gasteiger partial charge is 0.272 e. The molecule has 3 rings (SSSR count). The molecule has 1 saturated carbocycles. The van der Waals surface area contributed by atoms with E-state index in [4.69, 9.17) is 5.73 Å². The highest BCUT2D eigenvalue weighted by Gasteiger charge is 2.22. The standard InChI is InChI=1S/C12H14N4O/c13-7-4-5-10-9(6-7)11(16-15-10)12(17)14-8-2-1-3-8/h4-6,8H,1-3,13H2,(H,14,17)(H,15,16). The Morgan fingerprint density at radius 2 is 2.29 bits per heavy atom. The number of carbonyl (C=O) groups is 1. The normalized spacial score (nSPS) is 15.8. The Morgan fingerprint density at radius 3 is 3.00 bits per heavy atom. The van der Waals surface area contributed by atoms with Gasteiger partial charge in [-0.15, -0.1) is 0 Å². The van der Waals surface area contributed by atoms with Crippen LogP contribution >= 0.6 is 0 Å². The van der Waals surface area contributed by atoms with Crippen LogP contribution in [0.2, 0.25) is 0 Å². The minimum atomic E-state index is -0.119. The fourth-order valence-corrected chi connectivity index (χ4v) is 2.01. The third kappa shape index (κ3) is 1.73. The van der Waals surface area contributed by atoms with Gasteiger partial charge >= 0.3 is 0 Å². The molecule has 1 fully saturated rings. The number of fused-ring (bicyclic) bond motifs is 1. The van der Waals surface area contributed by atoms with Crippen molar-refractivity contribution in [2.75, 3.05) is 5.73 Å². The highest BCUT2D eigenvalue weighted by atomic mass is 16.2. The molecule has 17 heavy (non-hydrogen) atoms. The topological polar surface area (TPSA) is 83.8 Å². The molecule has 0 unspecified atom stereocenters. The largest absolute Gasteiger partial charge is 0.399 e. The number of aromatic amines is 1. The van der Waals surface area contributed by atoms with E-state index in [1.54, 1.807) is 12.1 Å². The first-order valence-electron chi connectivity index (χ1n) is 5.78. The van der Waals surface area contributed by atoms with Crippen molar-refractivity contribution in [1.82, 2.24) is 15.5 Å². The molecule has 5 heteroatoms. The maximum absolute atomic E-state index is 12.0. The second kappa shape index (κ2) is 3.76. The van der Waals surface area contributed by atoms with Gasteiger partial charge in [0.05, 0.1) is 5.52 Å². The molecular formula is C12H14N4O. The van der Waals surface area contributed by atoms with Gasteiger partial charge in [-0.2, -0.15) is 5.10 Å². The molecule has 0 radical (unpaired) electrons. The van der Waals surface area contributed by atoms with Crippen LogP contribution in [0, 0.1) is 0 Å². The average molecular weight is 230 g/mol. The molecule has 0 saturated heterocycles. The van der Waals surface area contributed by atoms with Crippen LogP contribution in [0.3, 0.4) is 0 Å². The fraction of sp³-hybridized carbons (Fsp3) is 0.333. The molecule has 0 bridgehead atoms. The van der Waals surface area contributed by atoms with Gasteiger partial charge < -0.3 is 11.1 Å². The summed E-state index contributed by atoms with van der Waals surface area (Å²) < 4.78 is 0. The van der Waals surface area contributed by atoms with E-state index in [2.05, 4.69) is 15.5 Å². The molecule has 0 aliphatic heterocycles. The lowest BCUT2D eigenvalue weighted by molar-refractivity contribution is 0.0913. The van der Waals surface area contributed by atoms with Crippen LogP contribution in [0.25, 0.3) is 10.9 Å². The number of carbonyl (C=O) groups excluding carboxylic acids is 1. The van der Waals surface area contributed by atoms with Gasteiger partial charge in [-0.25, -0.2) is 0 Å². The quantitative estimate of drug-likeness (QED) is 0.682. The second-order valence-corrected chi connectivity index (χ2v) is 4.48. The van der Waals surface area contributed by atoms with E-state index in [1.165, 1.54) is 6.42 Å². The number of H-pyrrole nitrogens is 1. The Kier molecular flexibility index (Phi) is 2.24. The summed E-state index contributed by atoms with van der Waals surface area (Å²) in [6.45, 7) is 0. The summed E-state index contributed by atoms with van der Waals surface area (Å²) in [5.41, 5.74) is 7.61. The van der Waals surface area contributed by atoms with Gasteiger partial charge in [0.25, 0.3) is 5.91 Å². The molecule has 88 valence electrons. The van der Waals surface area contributed by atoms with Crippen molar-refractivity contribution < 1.29 is 4.79 Å². The Hall–Kier alpha value is -2.04. The number of nitrogens with two attached hydrogens (primary N) is 1. The summed E-state index contributed by atoms with van der Waals surface area (Å²) in [7, 11) is 0. The van der Waals surface area contributed by atoms with E-state index >= 15 is 0 Å². The lowest BCUT2D eigenvalue weighted by Crippen LogP contribution is -2.39. The van der Waals surface area contributed by atoms with Gasteiger partial charge in [-0.1, -0.05) is 0 Å². The Balaban J connectivity index is 1.93. The Morgan fingerprint density at radius 1 is 1.47 bits per heavy atom. The number of nitrogens with one attached hydrogen (secondary N) is 2. The summed E-state index contributed by atoms with van der Waals surface area (Å²) in [5.74, 6) is -0.119. The third-order valence-corrected chi connectivity index (χ3v) is 3.24. The predicted octanol–water partition coefficient (Wildman–Crippen LogP) is 1.43. The van der Waals surface area contributed by atoms with E-state index in [9.17, 15) is 4.79 Å². The third-order valence-electron chi connectivity index (χ3n) is 3.24. The molecule has 4 N–H and O–H groups in total. The van der Waals surface area contributed by atoms with Gasteiger partial charge in [0, 0.05) is 17.1 Å². The van der Waals surface area contributed by atoms with Gasteiger partial charge in [-0.05, 0) is 37.5 Å². The van der Waals surface area contributed by atoms with Crippen LogP contribution in [0.15, 0.2) is 18.2 Å². The minimum absolute atomic E-state index is 0.119. The Labute approximate surface area is 98.4 Å². The van der Waals surface area contributed by atoms with E-state index in [-0.39, 0.29) is 5.91 Å². The number of hydrogen-bond acceptors (Lipinski definition) is 3. The second-order valence-electron chi connectivity index (χ2n) is 4.48. The monoisotopic (exact) mass is 230 g/mol. The minimum Gasteiger partial charge on any atom is -0.399 e. The number of benzene rings is 1. The molecule has 1 aliphatic carbocycles. The van der Waals surface area contributed by atoms with Crippen LogP contribution in [0.1, 0.15) is 29.8 Å². The predicted molar refractivity (Wildman–Crippen MR) is 65.6 cm³/mol. The number of rotatable bonds is 2. The zero-order valence-corrected chi connectivity index (χ0v) is 9.36. The number of amides is 1. The van der Waals surface area contributed by atoms with Crippen molar-refractivity contribution in [1.29, 1.82) is 0 Å². The first kappa shape index (κ1) is 10.1. The number of aromatic nitrogens is 2. The molecule has 0 atom stereocenters. The summed E-state index contributed by atoms with van der Waals surface area (Å²) in [6, 6.07) is 5.70. The van der Waals surface area contributed by atoms with Crippen molar-refractivity contribution >= 4 is 22.5 Å². The van der Waals surface area contributed by atoms with Crippen molar-refractivity contribution in [2.45, 2.75) is 25.3 Å². The van der Waals surface area contributed by atoms with Crippen LogP contribution in [0.5, 0.6) is 0 Å². The highest BCUT2D eigenvalue weighted by molar-refractivity contribution is 6.05. The summed E-state index contributed by atoms with van der Waals surface area (Å²) in [6.07, 6.45) is 3.33. The Bertz CT molecular complexity index is 571. The van der Waals surface area contributed by atoms with Crippen LogP contribution in [-0.4, -0.2) is 22.1 Å². The maximum Gasteiger partial charge on any atom is 0.272 e. The summed E-state index contributed by atoms with van der Waals surface area (Å²) in [4.78, 5) is 12.0. The van der Waals surface area contributed by atoms with Gasteiger partial charge in [-0.3, -0.25) is 9.89 Å². The number of hydrogen-bond donors (Lipinski definition) is 3. The van der Waals surface area contributed by atoms with E-state index in [0.717, 1.165) is 23.7 Å². The number of nitrogen functional groups attached to an aromatic ring is 1. The summed E-state index contributed by atoms with van der Waals surface area (Å²) in [5, 5.41) is 10.6. The van der Waals surface area contributed by atoms with Crippen molar-refractivity contribution in [3.63, 3.8) is 0 Å². The van der Waals surface area contributed by atoms with Crippen molar-refractivity contribution in [2.24, 2.45) is 0 Å². The SMILES string of the molecule is Nc1ccc2[nH]nc(C(=O)NC3CCC3)c2c1. The number of anilines is 1. The van der Waals surface area contributed by atoms with E-state index in [1.807, 2.05) is 6.07 Å². The zero-order chi connectivity index (χ0) is 11.8. The van der Waals surface area contributed by atoms with E-state index in [0.29, 0.717) is 17.4 Å². The van der Waals surface area contributed by atoms with E-state index < -0.39 is 0 Å². The van der Waals surface area contributed by atoms with Crippen molar-refractivity contribution in [3.05, 3.63) is 23.9 Å². The lowest BCUT2D eigenvalue weighted by Gasteiger charge is -2.25. The molecule has 1 heterocycles. The molecule has 1 aliphatic rings. The maximum atomic E-state index is 12.0. The first-order chi connectivity index (χ1) is 8.24. The van der Waals surface area contributed by atoms with Crippen LogP contribution in [-0.2, 0) is 0 Å². The van der Waals surface area contributed by atoms with Crippen molar-refractivity contribution in [3.8, 4) is 0 Å². The molecular weight excluding hydrogens is 216 g/mol. The molecule has 1 aromatic heterocycles. The van der Waals surface area contributed by atoms with Crippen LogP contribution < -0.4 is 11.1 Å². The molecule has 0 spiro atoms.